The van der Waals surface area contributed by atoms with Crippen molar-refractivity contribution in [2.75, 3.05) is 19.0 Å². The summed E-state index contributed by atoms with van der Waals surface area (Å²) in [6.45, 7) is 1.62. The molecule has 4 heteroatoms. The lowest BCUT2D eigenvalue weighted by molar-refractivity contribution is 0.302. The number of anilines is 1. The fraction of sp³-hybridized carbons (Fsp3) is 0.308. The van der Waals surface area contributed by atoms with Crippen molar-refractivity contribution in [3.05, 3.63) is 42.7 Å². The second kappa shape index (κ2) is 5.94. The maximum Gasteiger partial charge on any atom is 0.202 e. The van der Waals surface area contributed by atoms with Gasteiger partial charge in [0.15, 0.2) is 0 Å². The maximum absolute atomic E-state index is 5.62. The van der Waals surface area contributed by atoms with E-state index in [1.165, 1.54) is 0 Å². The van der Waals surface area contributed by atoms with E-state index in [9.17, 15) is 0 Å². The van der Waals surface area contributed by atoms with Gasteiger partial charge >= 0.3 is 0 Å². The number of nitrogens with one attached hydrogen (secondary N) is 1. The van der Waals surface area contributed by atoms with Crippen LogP contribution in [0.25, 0.3) is 0 Å². The van der Waals surface area contributed by atoms with Crippen molar-refractivity contribution in [3.63, 3.8) is 0 Å². The highest BCUT2D eigenvalue weighted by Gasteiger charge is 1.99. The second-order valence-corrected chi connectivity index (χ2v) is 3.71. The Bertz CT molecular complexity index is 439. The first-order valence-corrected chi connectivity index (χ1v) is 5.77. The van der Waals surface area contributed by atoms with Crippen LogP contribution in [-0.2, 0) is 6.54 Å². The topological polar surface area (TPSA) is 39.1 Å². The van der Waals surface area contributed by atoms with Gasteiger partial charge in [-0.25, -0.2) is 4.98 Å². The molecule has 0 aliphatic heterocycles. The molecule has 4 nitrogen and oxygen atoms in total. The molecule has 0 unspecified atom stereocenters. The first-order valence-electron chi connectivity index (χ1n) is 5.77. The highest BCUT2D eigenvalue weighted by Crippen LogP contribution is 2.09. The summed E-state index contributed by atoms with van der Waals surface area (Å²) in [5.41, 5.74) is 0. The SMILES string of the molecule is CNc1nccn1CCCOc1ccccc1. The predicted molar refractivity (Wildman–Crippen MR) is 68.3 cm³/mol. The third-order valence-electron chi connectivity index (χ3n) is 2.49. The van der Waals surface area contributed by atoms with Gasteiger partial charge in [0, 0.05) is 26.0 Å². The van der Waals surface area contributed by atoms with Gasteiger partial charge in [0.2, 0.25) is 5.95 Å². The Morgan fingerprint density at radius 3 is 2.88 bits per heavy atom. The molecule has 0 aliphatic carbocycles. The Morgan fingerprint density at radius 1 is 1.29 bits per heavy atom. The minimum Gasteiger partial charge on any atom is -0.494 e. The zero-order valence-corrected chi connectivity index (χ0v) is 9.97. The number of hydrogen-bond donors (Lipinski definition) is 1. The summed E-state index contributed by atoms with van der Waals surface area (Å²) in [6, 6.07) is 9.87. The minimum absolute atomic E-state index is 0.714. The number of benzene rings is 1. The van der Waals surface area contributed by atoms with E-state index in [0.717, 1.165) is 24.7 Å². The Hall–Kier alpha value is -1.97. The second-order valence-electron chi connectivity index (χ2n) is 3.71. The van der Waals surface area contributed by atoms with Gasteiger partial charge < -0.3 is 14.6 Å². The summed E-state index contributed by atoms with van der Waals surface area (Å²) in [5.74, 6) is 1.82. The van der Waals surface area contributed by atoms with E-state index in [2.05, 4.69) is 14.9 Å². The first-order chi connectivity index (χ1) is 8.40. The zero-order chi connectivity index (χ0) is 11.9. The lowest BCUT2D eigenvalue weighted by atomic mass is 10.3. The van der Waals surface area contributed by atoms with E-state index in [-0.39, 0.29) is 0 Å². The van der Waals surface area contributed by atoms with E-state index >= 15 is 0 Å². The van der Waals surface area contributed by atoms with Crippen LogP contribution >= 0.6 is 0 Å². The normalized spacial score (nSPS) is 10.2. The Morgan fingerprint density at radius 2 is 2.12 bits per heavy atom. The number of imidazole rings is 1. The molecule has 17 heavy (non-hydrogen) atoms. The van der Waals surface area contributed by atoms with Gasteiger partial charge in [-0.05, 0) is 18.6 Å². The number of ether oxygens (including phenoxy) is 1. The van der Waals surface area contributed by atoms with Crippen LogP contribution in [-0.4, -0.2) is 23.2 Å². The average Bonchev–Trinajstić information content (AvgIpc) is 2.83. The monoisotopic (exact) mass is 231 g/mol. The van der Waals surface area contributed by atoms with Crippen LogP contribution in [0.3, 0.4) is 0 Å². The number of aromatic nitrogens is 2. The molecule has 1 aromatic carbocycles. The minimum atomic E-state index is 0.714. The molecule has 0 aliphatic rings. The summed E-state index contributed by atoms with van der Waals surface area (Å²) in [6.07, 6.45) is 4.72. The van der Waals surface area contributed by atoms with Crippen molar-refractivity contribution >= 4 is 5.95 Å². The zero-order valence-electron chi connectivity index (χ0n) is 9.97. The van der Waals surface area contributed by atoms with E-state index in [4.69, 9.17) is 4.74 Å². The molecule has 90 valence electrons. The van der Waals surface area contributed by atoms with Gasteiger partial charge in [0.25, 0.3) is 0 Å². The predicted octanol–water partition coefficient (Wildman–Crippen LogP) is 2.39. The van der Waals surface area contributed by atoms with Gasteiger partial charge in [-0.1, -0.05) is 18.2 Å². The summed E-state index contributed by atoms with van der Waals surface area (Å²) < 4.78 is 7.70. The third kappa shape index (κ3) is 3.24. The van der Waals surface area contributed by atoms with Crippen molar-refractivity contribution in [1.29, 1.82) is 0 Å². The summed E-state index contributed by atoms with van der Waals surface area (Å²) >= 11 is 0. The molecule has 0 amide bonds. The molecule has 0 spiro atoms. The van der Waals surface area contributed by atoms with Crippen molar-refractivity contribution in [3.8, 4) is 5.75 Å². The molecule has 1 heterocycles. The quantitative estimate of drug-likeness (QED) is 0.776. The molecule has 2 aromatic rings. The molecule has 1 N–H and O–H groups in total. The van der Waals surface area contributed by atoms with E-state index in [1.807, 2.05) is 43.6 Å². The number of hydrogen-bond acceptors (Lipinski definition) is 3. The van der Waals surface area contributed by atoms with Crippen molar-refractivity contribution < 1.29 is 4.74 Å². The smallest absolute Gasteiger partial charge is 0.202 e. The summed E-state index contributed by atoms with van der Waals surface area (Å²) in [4.78, 5) is 4.18. The van der Waals surface area contributed by atoms with Crippen LogP contribution < -0.4 is 10.1 Å². The molecule has 2 rings (SSSR count). The lowest BCUT2D eigenvalue weighted by Gasteiger charge is -2.08. The molecule has 0 bridgehead atoms. The van der Waals surface area contributed by atoms with Crippen LogP contribution in [0.5, 0.6) is 5.75 Å². The number of rotatable bonds is 6. The van der Waals surface area contributed by atoms with Gasteiger partial charge in [0.05, 0.1) is 6.61 Å². The Labute approximate surface area is 101 Å². The van der Waals surface area contributed by atoms with Crippen molar-refractivity contribution in [2.45, 2.75) is 13.0 Å². The largest absolute Gasteiger partial charge is 0.494 e. The molecule has 0 saturated carbocycles. The van der Waals surface area contributed by atoms with E-state index in [0.29, 0.717) is 6.61 Å². The standard InChI is InChI=1S/C13H17N3O/c1-14-13-15-8-10-16(13)9-5-11-17-12-6-3-2-4-7-12/h2-4,6-8,10H,5,9,11H2,1H3,(H,14,15). The van der Waals surface area contributed by atoms with Crippen molar-refractivity contribution in [1.82, 2.24) is 9.55 Å². The molecule has 0 radical (unpaired) electrons. The van der Waals surface area contributed by atoms with E-state index in [1.54, 1.807) is 6.20 Å². The van der Waals surface area contributed by atoms with Gasteiger partial charge in [-0.15, -0.1) is 0 Å². The molecule has 1 aromatic heterocycles. The molecule has 0 atom stereocenters. The maximum atomic E-state index is 5.62. The Balaban J connectivity index is 1.73. The summed E-state index contributed by atoms with van der Waals surface area (Å²) in [5, 5.41) is 3.05. The highest BCUT2D eigenvalue weighted by molar-refractivity contribution is 5.24. The molecule has 0 saturated heterocycles. The molecular formula is C13H17N3O. The van der Waals surface area contributed by atoms with Gasteiger partial charge in [-0.3, -0.25) is 0 Å². The lowest BCUT2D eigenvalue weighted by Crippen LogP contribution is -2.06. The van der Waals surface area contributed by atoms with Crippen LogP contribution in [0.15, 0.2) is 42.7 Å². The Kier molecular flexibility index (Phi) is 4.02. The molecule has 0 fully saturated rings. The fourth-order valence-electron chi connectivity index (χ4n) is 1.66. The first kappa shape index (κ1) is 11.5. The van der Waals surface area contributed by atoms with Crippen LogP contribution in [0.4, 0.5) is 5.95 Å². The van der Waals surface area contributed by atoms with Gasteiger partial charge in [-0.2, -0.15) is 0 Å². The number of para-hydroxylation sites is 1. The summed E-state index contributed by atoms with van der Waals surface area (Å²) in [7, 11) is 1.87. The average molecular weight is 231 g/mol. The number of aryl methyl sites for hydroxylation is 1. The number of nitrogens with zero attached hydrogens (tertiary/aromatic N) is 2. The van der Waals surface area contributed by atoms with Crippen LogP contribution in [0, 0.1) is 0 Å². The fourth-order valence-corrected chi connectivity index (χ4v) is 1.66. The van der Waals surface area contributed by atoms with Gasteiger partial charge in [0.1, 0.15) is 5.75 Å². The third-order valence-corrected chi connectivity index (χ3v) is 2.49. The van der Waals surface area contributed by atoms with Crippen LogP contribution in [0.2, 0.25) is 0 Å². The van der Waals surface area contributed by atoms with E-state index < -0.39 is 0 Å². The van der Waals surface area contributed by atoms with Crippen LogP contribution in [0.1, 0.15) is 6.42 Å². The van der Waals surface area contributed by atoms with Crippen molar-refractivity contribution in [2.24, 2.45) is 0 Å². The molecular weight excluding hydrogens is 214 g/mol. The highest BCUT2D eigenvalue weighted by atomic mass is 16.5.